The van der Waals surface area contributed by atoms with Crippen LogP contribution in [0.4, 0.5) is 13.2 Å². The maximum Gasteiger partial charge on any atom is 0.416 e. The van der Waals surface area contributed by atoms with Crippen molar-refractivity contribution >= 4 is 16.9 Å². The number of hydrogen-bond donors (Lipinski definition) is 2. The minimum absolute atomic E-state index is 0.114. The normalized spacial score (nSPS) is 13.2. The molecule has 2 aromatic heterocycles. The molecular formula is C17H15F3N6O. The summed E-state index contributed by atoms with van der Waals surface area (Å²) in [5.74, 6) is 0.524. The molecule has 0 aliphatic heterocycles. The van der Waals surface area contributed by atoms with E-state index in [4.69, 9.17) is 16.2 Å². The molecular weight excluding hydrogens is 361 g/mol. The molecule has 4 N–H and O–H groups in total. The van der Waals surface area contributed by atoms with Crippen LogP contribution in [0.25, 0.3) is 28.4 Å². The third-order valence-corrected chi connectivity index (χ3v) is 3.69. The average molecular weight is 376 g/mol. The molecule has 0 aliphatic rings. The fourth-order valence-electron chi connectivity index (χ4n) is 2.41. The average Bonchev–Trinajstić information content (AvgIpc) is 3.04. The Labute approximate surface area is 151 Å². The van der Waals surface area contributed by atoms with Crippen LogP contribution in [0.1, 0.15) is 5.56 Å². The van der Waals surface area contributed by atoms with Gasteiger partial charge in [-0.1, -0.05) is 0 Å². The van der Waals surface area contributed by atoms with Crippen LogP contribution in [0.15, 0.2) is 54.8 Å². The van der Waals surface area contributed by atoms with Gasteiger partial charge in [-0.2, -0.15) is 13.2 Å². The van der Waals surface area contributed by atoms with Crippen molar-refractivity contribution in [1.82, 2.24) is 19.5 Å². The summed E-state index contributed by atoms with van der Waals surface area (Å²) in [4.78, 5) is 12.4. The number of nitrogens with two attached hydrogens (primary N) is 2. The lowest BCUT2D eigenvalue weighted by Gasteiger charge is -2.09. The molecule has 140 valence electrons. The Bertz CT molecular complexity index is 1020. The highest BCUT2D eigenvalue weighted by molar-refractivity contribution is 5.85. The first kappa shape index (κ1) is 18.2. The molecule has 27 heavy (non-hydrogen) atoms. The van der Waals surface area contributed by atoms with Crippen LogP contribution >= 0.6 is 0 Å². The van der Waals surface area contributed by atoms with E-state index in [0.29, 0.717) is 11.2 Å². The summed E-state index contributed by atoms with van der Waals surface area (Å²) < 4.78 is 45.4. The van der Waals surface area contributed by atoms with Gasteiger partial charge in [0.15, 0.2) is 11.7 Å². The van der Waals surface area contributed by atoms with E-state index in [9.17, 15) is 13.2 Å². The Morgan fingerprint density at radius 3 is 2.59 bits per heavy atom. The van der Waals surface area contributed by atoms with E-state index in [-0.39, 0.29) is 23.0 Å². The number of methoxy groups -OCH3 is 1. The molecule has 0 spiro atoms. The highest BCUT2D eigenvalue weighted by Crippen LogP contribution is 2.33. The van der Waals surface area contributed by atoms with Crippen molar-refractivity contribution in [3.8, 4) is 11.5 Å². The summed E-state index contributed by atoms with van der Waals surface area (Å²) >= 11 is 0. The first-order valence-electron chi connectivity index (χ1n) is 7.64. The summed E-state index contributed by atoms with van der Waals surface area (Å²) in [6.07, 6.45) is 2.75. The molecule has 10 heteroatoms. The standard InChI is InChI=1S/C17H15F3N6O/c1-27-15(22)5-4-14(21)26-13-3-2-10(17(18,19)20)8-11(13)25-16(26)12-9-23-6-7-24-12/h2-9H,21-22H2,1H3/b14-4+,15-5+. The maximum absolute atomic E-state index is 13.0. The third kappa shape index (κ3) is 3.68. The molecule has 0 aliphatic carbocycles. The van der Waals surface area contributed by atoms with Crippen molar-refractivity contribution in [3.63, 3.8) is 0 Å². The van der Waals surface area contributed by atoms with Gasteiger partial charge in [-0.15, -0.1) is 0 Å². The van der Waals surface area contributed by atoms with Crippen LogP contribution in [0, 0.1) is 0 Å². The van der Waals surface area contributed by atoms with Crippen LogP contribution in [-0.4, -0.2) is 26.6 Å². The Morgan fingerprint density at radius 1 is 1.19 bits per heavy atom. The molecule has 1 aromatic carbocycles. The number of alkyl halides is 3. The van der Waals surface area contributed by atoms with Crippen molar-refractivity contribution in [1.29, 1.82) is 0 Å². The van der Waals surface area contributed by atoms with Crippen LogP contribution in [0.2, 0.25) is 0 Å². The van der Waals surface area contributed by atoms with Gasteiger partial charge in [0.2, 0.25) is 0 Å². The zero-order chi connectivity index (χ0) is 19.6. The topological polar surface area (TPSA) is 105 Å². The minimum Gasteiger partial charge on any atom is -0.483 e. The third-order valence-electron chi connectivity index (χ3n) is 3.69. The van der Waals surface area contributed by atoms with E-state index in [2.05, 4.69) is 15.0 Å². The molecule has 0 fully saturated rings. The number of allylic oxidation sites excluding steroid dienone is 2. The van der Waals surface area contributed by atoms with Gasteiger partial charge in [0.25, 0.3) is 0 Å². The number of aromatic nitrogens is 4. The van der Waals surface area contributed by atoms with E-state index in [0.717, 1.165) is 12.1 Å². The number of halogens is 3. The van der Waals surface area contributed by atoms with Crippen LogP contribution < -0.4 is 11.5 Å². The van der Waals surface area contributed by atoms with Crippen LogP contribution in [0.3, 0.4) is 0 Å². The van der Waals surface area contributed by atoms with Gasteiger partial charge in [0.05, 0.1) is 29.9 Å². The molecule has 2 heterocycles. The molecule has 3 rings (SSSR count). The zero-order valence-corrected chi connectivity index (χ0v) is 14.1. The fourth-order valence-corrected chi connectivity index (χ4v) is 2.41. The number of hydrogen-bond acceptors (Lipinski definition) is 6. The molecule has 0 bridgehead atoms. The Kier molecular flexibility index (Phi) is 4.72. The van der Waals surface area contributed by atoms with Crippen molar-refractivity contribution in [3.05, 3.63) is 60.4 Å². The second-order valence-electron chi connectivity index (χ2n) is 5.43. The number of nitrogens with zero attached hydrogens (tertiary/aromatic N) is 4. The second-order valence-corrected chi connectivity index (χ2v) is 5.43. The molecule has 0 radical (unpaired) electrons. The van der Waals surface area contributed by atoms with Gasteiger partial charge in [-0.05, 0) is 24.3 Å². The van der Waals surface area contributed by atoms with Gasteiger partial charge < -0.3 is 16.2 Å². The predicted molar refractivity (Wildman–Crippen MR) is 93.5 cm³/mol. The summed E-state index contributed by atoms with van der Waals surface area (Å²) in [5.41, 5.74) is 11.7. The van der Waals surface area contributed by atoms with E-state index in [1.54, 1.807) is 0 Å². The maximum atomic E-state index is 13.0. The van der Waals surface area contributed by atoms with E-state index in [1.165, 1.54) is 48.5 Å². The van der Waals surface area contributed by atoms with Crippen molar-refractivity contribution in [2.24, 2.45) is 11.5 Å². The molecule has 7 nitrogen and oxygen atoms in total. The monoisotopic (exact) mass is 376 g/mol. The Balaban J connectivity index is 2.25. The van der Waals surface area contributed by atoms with Gasteiger partial charge in [0, 0.05) is 18.5 Å². The molecule has 0 saturated carbocycles. The van der Waals surface area contributed by atoms with Gasteiger partial charge in [0.1, 0.15) is 11.5 Å². The molecule has 0 amide bonds. The van der Waals surface area contributed by atoms with Crippen molar-refractivity contribution < 1.29 is 17.9 Å². The number of fused-ring (bicyclic) bond motifs is 1. The van der Waals surface area contributed by atoms with E-state index < -0.39 is 11.7 Å². The highest BCUT2D eigenvalue weighted by Gasteiger charge is 2.31. The summed E-state index contributed by atoms with van der Waals surface area (Å²) in [6.45, 7) is 0. The molecule has 0 atom stereocenters. The highest BCUT2D eigenvalue weighted by atomic mass is 19.4. The minimum atomic E-state index is -4.48. The lowest BCUT2D eigenvalue weighted by molar-refractivity contribution is -0.137. The number of rotatable bonds is 4. The smallest absolute Gasteiger partial charge is 0.416 e. The van der Waals surface area contributed by atoms with Crippen LogP contribution in [-0.2, 0) is 10.9 Å². The largest absolute Gasteiger partial charge is 0.483 e. The lowest BCUT2D eigenvalue weighted by Crippen LogP contribution is -2.09. The summed E-state index contributed by atoms with van der Waals surface area (Å²) in [6, 6.07) is 3.22. The second kappa shape index (κ2) is 6.98. The summed E-state index contributed by atoms with van der Waals surface area (Å²) in [7, 11) is 1.39. The van der Waals surface area contributed by atoms with E-state index >= 15 is 0 Å². The lowest BCUT2D eigenvalue weighted by atomic mass is 10.2. The van der Waals surface area contributed by atoms with E-state index in [1.807, 2.05) is 0 Å². The summed E-state index contributed by atoms with van der Waals surface area (Å²) in [5, 5.41) is 0. The SMILES string of the molecule is CO/C(N)=C/C=C(\N)n1c(-c2cnccn2)nc2cc(C(F)(F)F)ccc21. The van der Waals surface area contributed by atoms with Crippen LogP contribution in [0.5, 0.6) is 0 Å². The molecule has 0 saturated heterocycles. The number of ether oxygens (including phenoxy) is 1. The first-order valence-corrected chi connectivity index (χ1v) is 7.64. The quantitative estimate of drug-likeness (QED) is 0.536. The fraction of sp³-hybridized carbons (Fsp3) is 0.118. The number of benzene rings is 1. The predicted octanol–water partition coefficient (Wildman–Crippen LogP) is 2.72. The first-order chi connectivity index (χ1) is 12.8. The van der Waals surface area contributed by atoms with Crippen molar-refractivity contribution in [2.75, 3.05) is 7.11 Å². The Hall–Kier alpha value is -3.56. The van der Waals surface area contributed by atoms with Crippen molar-refractivity contribution in [2.45, 2.75) is 6.18 Å². The zero-order valence-electron chi connectivity index (χ0n) is 14.1. The van der Waals surface area contributed by atoms with Gasteiger partial charge >= 0.3 is 6.18 Å². The molecule has 3 aromatic rings. The van der Waals surface area contributed by atoms with Gasteiger partial charge in [-0.3, -0.25) is 9.55 Å². The molecule has 0 unspecified atom stereocenters. The number of imidazole rings is 1. The Morgan fingerprint density at radius 2 is 1.96 bits per heavy atom. The van der Waals surface area contributed by atoms with Gasteiger partial charge in [-0.25, -0.2) is 9.97 Å².